The van der Waals surface area contributed by atoms with Crippen LogP contribution in [0.3, 0.4) is 0 Å². The molecule has 0 unspecified atom stereocenters. The lowest BCUT2D eigenvalue weighted by Gasteiger charge is -2.30. The summed E-state index contributed by atoms with van der Waals surface area (Å²) in [6.07, 6.45) is 5.28. The first-order chi connectivity index (χ1) is 8.96. The fourth-order valence-corrected chi connectivity index (χ4v) is 4.28. The summed E-state index contributed by atoms with van der Waals surface area (Å²) in [5.41, 5.74) is 5.49. The lowest BCUT2D eigenvalue weighted by molar-refractivity contribution is 0.285. The summed E-state index contributed by atoms with van der Waals surface area (Å²) in [6.45, 7) is 1.88. The van der Waals surface area contributed by atoms with Gasteiger partial charge in [0.25, 0.3) is 0 Å². The van der Waals surface area contributed by atoms with Crippen molar-refractivity contribution in [3.8, 4) is 0 Å². The van der Waals surface area contributed by atoms with E-state index in [0.29, 0.717) is 11.5 Å². The Morgan fingerprint density at radius 3 is 2.53 bits per heavy atom. The maximum absolute atomic E-state index is 12.6. The van der Waals surface area contributed by atoms with E-state index in [-0.39, 0.29) is 17.5 Å². The van der Waals surface area contributed by atoms with Crippen LogP contribution in [0.1, 0.15) is 43.6 Å². The number of aryl methyl sites for hydroxylation is 1. The van der Waals surface area contributed by atoms with Gasteiger partial charge in [0.15, 0.2) is 0 Å². The number of hydrogen-bond acceptors (Lipinski definition) is 4. The molecule has 0 aliphatic heterocycles. The first-order valence-corrected chi connectivity index (χ1v) is 8.18. The van der Waals surface area contributed by atoms with Gasteiger partial charge in [-0.3, -0.25) is 0 Å². The zero-order valence-electron chi connectivity index (χ0n) is 11.6. The summed E-state index contributed by atoms with van der Waals surface area (Å²) in [6, 6.07) is 1.65. The number of hydrogen-bond donors (Lipinski definition) is 1. The van der Waals surface area contributed by atoms with Crippen LogP contribution >= 0.6 is 0 Å². The molecule has 1 aromatic rings. The Bertz CT molecular complexity index is 530. The van der Waals surface area contributed by atoms with Gasteiger partial charge in [-0.05, 0) is 19.8 Å². The standard InChI is InChI=1S/C13H22N2O3S/c1-10-13(8-12(9-14)18-10)19(16,17)15(2)11-6-4-3-5-7-11/h8,11H,3-7,9,14H2,1-2H3. The highest BCUT2D eigenvalue weighted by molar-refractivity contribution is 7.89. The molecule has 1 heterocycles. The topological polar surface area (TPSA) is 76.5 Å². The van der Waals surface area contributed by atoms with Crippen molar-refractivity contribution in [2.75, 3.05) is 7.05 Å². The van der Waals surface area contributed by atoms with Crippen LogP contribution in [0.25, 0.3) is 0 Å². The molecule has 0 saturated heterocycles. The molecule has 19 heavy (non-hydrogen) atoms. The Morgan fingerprint density at radius 1 is 1.37 bits per heavy atom. The highest BCUT2D eigenvalue weighted by Crippen LogP contribution is 2.29. The Hall–Kier alpha value is -0.850. The van der Waals surface area contributed by atoms with Gasteiger partial charge in [-0.25, -0.2) is 8.42 Å². The fourth-order valence-electron chi connectivity index (χ4n) is 2.68. The van der Waals surface area contributed by atoms with Gasteiger partial charge < -0.3 is 10.2 Å². The van der Waals surface area contributed by atoms with Gasteiger partial charge in [0.1, 0.15) is 16.4 Å². The smallest absolute Gasteiger partial charge is 0.246 e. The lowest BCUT2D eigenvalue weighted by atomic mass is 9.96. The molecule has 0 radical (unpaired) electrons. The van der Waals surface area contributed by atoms with Crippen LogP contribution in [0.5, 0.6) is 0 Å². The molecule has 0 atom stereocenters. The third kappa shape index (κ3) is 2.85. The second-order valence-electron chi connectivity index (χ2n) is 5.15. The van der Waals surface area contributed by atoms with E-state index in [0.717, 1.165) is 25.7 Å². The summed E-state index contributed by atoms with van der Waals surface area (Å²) in [5.74, 6) is 0.927. The fraction of sp³-hybridized carbons (Fsp3) is 0.692. The van der Waals surface area contributed by atoms with Crippen LogP contribution in [0.4, 0.5) is 0 Å². The first-order valence-electron chi connectivity index (χ1n) is 6.74. The zero-order chi connectivity index (χ0) is 14.0. The summed E-state index contributed by atoms with van der Waals surface area (Å²) in [7, 11) is -1.81. The van der Waals surface area contributed by atoms with Crippen molar-refractivity contribution in [1.29, 1.82) is 0 Å². The summed E-state index contributed by atoms with van der Waals surface area (Å²) >= 11 is 0. The highest BCUT2D eigenvalue weighted by atomic mass is 32.2. The molecule has 1 aliphatic rings. The molecule has 1 aromatic heterocycles. The van der Waals surface area contributed by atoms with E-state index in [1.807, 2.05) is 0 Å². The average molecular weight is 286 g/mol. The number of nitrogens with two attached hydrogens (primary N) is 1. The molecule has 2 rings (SSSR count). The Balaban J connectivity index is 2.27. The minimum atomic E-state index is -3.47. The van der Waals surface area contributed by atoms with Crippen molar-refractivity contribution in [2.45, 2.75) is 56.5 Å². The van der Waals surface area contributed by atoms with Gasteiger partial charge in [-0.15, -0.1) is 0 Å². The van der Waals surface area contributed by atoms with E-state index in [2.05, 4.69) is 0 Å². The zero-order valence-corrected chi connectivity index (χ0v) is 12.4. The Labute approximate surface area is 114 Å². The van der Waals surface area contributed by atoms with E-state index in [1.54, 1.807) is 20.0 Å². The van der Waals surface area contributed by atoms with Crippen LogP contribution in [0.15, 0.2) is 15.4 Å². The van der Waals surface area contributed by atoms with Gasteiger partial charge in [0.2, 0.25) is 10.0 Å². The van der Waals surface area contributed by atoms with Gasteiger partial charge in [-0.1, -0.05) is 19.3 Å². The molecule has 0 aromatic carbocycles. The summed E-state index contributed by atoms with van der Waals surface area (Å²) < 4.78 is 32.1. The minimum absolute atomic E-state index is 0.106. The molecule has 1 fully saturated rings. The number of sulfonamides is 1. The van der Waals surface area contributed by atoms with Crippen LogP contribution in [0.2, 0.25) is 0 Å². The van der Waals surface area contributed by atoms with Gasteiger partial charge in [0.05, 0.1) is 6.54 Å². The van der Waals surface area contributed by atoms with E-state index in [9.17, 15) is 8.42 Å². The van der Waals surface area contributed by atoms with E-state index in [1.165, 1.54) is 10.7 Å². The number of rotatable bonds is 4. The Kier molecular flexibility index (Phi) is 4.32. The maximum Gasteiger partial charge on any atom is 0.246 e. The molecule has 108 valence electrons. The largest absolute Gasteiger partial charge is 0.464 e. The lowest BCUT2D eigenvalue weighted by Crippen LogP contribution is -2.38. The van der Waals surface area contributed by atoms with Crippen molar-refractivity contribution in [1.82, 2.24) is 4.31 Å². The second kappa shape index (κ2) is 5.64. The van der Waals surface area contributed by atoms with Gasteiger partial charge in [0, 0.05) is 19.2 Å². The molecular formula is C13H22N2O3S. The second-order valence-corrected chi connectivity index (χ2v) is 7.12. The maximum atomic E-state index is 12.6. The van der Waals surface area contributed by atoms with E-state index < -0.39 is 10.0 Å². The quantitative estimate of drug-likeness (QED) is 0.918. The monoisotopic (exact) mass is 286 g/mol. The number of nitrogens with zero attached hydrogens (tertiary/aromatic N) is 1. The first kappa shape index (κ1) is 14.6. The summed E-state index contributed by atoms with van der Waals surface area (Å²) in [5, 5.41) is 0. The van der Waals surface area contributed by atoms with Crippen molar-refractivity contribution in [3.05, 3.63) is 17.6 Å². The van der Waals surface area contributed by atoms with Crippen LogP contribution < -0.4 is 5.73 Å². The predicted molar refractivity (Wildman–Crippen MR) is 73.2 cm³/mol. The van der Waals surface area contributed by atoms with Gasteiger partial charge >= 0.3 is 0 Å². The Morgan fingerprint density at radius 2 is 2.00 bits per heavy atom. The molecule has 2 N–H and O–H groups in total. The molecule has 6 heteroatoms. The normalized spacial score (nSPS) is 18.1. The molecule has 0 amide bonds. The average Bonchev–Trinajstić information content (AvgIpc) is 2.81. The molecule has 0 spiro atoms. The van der Waals surface area contributed by atoms with Crippen molar-refractivity contribution < 1.29 is 12.8 Å². The molecule has 5 nitrogen and oxygen atoms in total. The van der Waals surface area contributed by atoms with Crippen LogP contribution in [-0.2, 0) is 16.6 Å². The minimum Gasteiger partial charge on any atom is -0.464 e. The summed E-state index contributed by atoms with van der Waals surface area (Å²) in [4.78, 5) is 0.251. The highest BCUT2D eigenvalue weighted by Gasteiger charge is 2.31. The number of furan rings is 1. The van der Waals surface area contributed by atoms with E-state index >= 15 is 0 Å². The van der Waals surface area contributed by atoms with Crippen molar-refractivity contribution >= 4 is 10.0 Å². The molecular weight excluding hydrogens is 264 g/mol. The molecule has 0 bridgehead atoms. The van der Waals surface area contributed by atoms with Crippen molar-refractivity contribution in [3.63, 3.8) is 0 Å². The molecule has 1 aliphatic carbocycles. The predicted octanol–water partition coefficient (Wildman–Crippen LogP) is 2.00. The van der Waals surface area contributed by atoms with E-state index in [4.69, 9.17) is 10.2 Å². The third-order valence-corrected chi connectivity index (χ3v) is 5.89. The van der Waals surface area contributed by atoms with Gasteiger partial charge in [-0.2, -0.15) is 4.31 Å². The third-order valence-electron chi connectivity index (χ3n) is 3.87. The SMILES string of the molecule is Cc1oc(CN)cc1S(=O)(=O)N(C)C1CCCCC1. The van der Waals surface area contributed by atoms with Crippen LogP contribution in [-0.4, -0.2) is 25.8 Å². The van der Waals surface area contributed by atoms with Crippen molar-refractivity contribution in [2.24, 2.45) is 5.73 Å². The van der Waals surface area contributed by atoms with Crippen LogP contribution in [0, 0.1) is 6.92 Å². The molecule has 1 saturated carbocycles.